The molecule has 4 nitrogen and oxygen atoms in total. The molecule has 4 rings (SSSR count). The summed E-state index contributed by atoms with van der Waals surface area (Å²) in [6, 6.07) is 19.7. The lowest BCUT2D eigenvalue weighted by atomic mass is 10.1. The van der Waals surface area contributed by atoms with Crippen LogP contribution in [0.1, 0.15) is 60.1 Å². The van der Waals surface area contributed by atoms with Gasteiger partial charge in [-0.05, 0) is 37.0 Å². The van der Waals surface area contributed by atoms with E-state index < -0.39 is 0 Å². The number of amides is 1. The second-order valence-electron chi connectivity index (χ2n) is 7.00. The average molecular weight is 357 g/mol. The van der Waals surface area contributed by atoms with Crippen LogP contribution in [0, 0.1) is 0 Å². The van der Waals surface area contributed by atoms with Crippen LogP contribution in [0.15, 0.2) is 65.8 Å². The molecule has 0 saturated heterocycles. The van der Waals surface area contributed by atoms with Crippen molar-refractivity contribution in [1.82, 2.24) is 10.4 Å². The number of aromatic nitrogens is 1. The number of hydrazone groups is 1. The Morgan fingerprint density at radius 2 is 1.85 bits per heavy atom. The topological polar surface area (TPSA) is 54.4 Å². The van der Waals surface area contributed by atoms with E-state index in [9.17, 15) is 4.79 Å². The molecular formula is C23H23N3O. The number of hydrogen-bond donors (Lipinski definition) is 1. The van der Waals surface area contributed by atoms with E-state index in [4.69, 9.17) is 4.98 Å². The molecule has 1 aliphatic rings. The third-order valence-electron chi connectivity index (χ3n) is 4.86. The second kappa shape index (κ2) is 7.70. The van der Waals surface area contributed by atoms with Gasteiger partial charge in [-0.25, -0.2) is 5.43 Å². The Morgan fingerprint density at radius 1 is 1.11 bits per heavy atom. The average Bonchev–Trinajstić information content (AvgIpc) is 3.56. The quantitative estimate of drug-likeness (QED) is 0.496. The number of benzene rings is 2. The number of rotatable bonds is 6. The third-order valence-corrected chi connectivity index (χ3v) is 4.86. The lowest BCUT2D eigenvalue weighted by Crippen LogP contribution is -2.21. The fourth-order valence-electron chi connectivity index (χ4n) is 3.28. The van der Waals surface area contributed by atoms with Gasteiger partial charge in [-0.15, -0.1) is 0 Å². The van der Waals surface area contributed by atoms with Crippen molar-refractivity contribution in [2.24, 2.45) is 5.10 Å². The number of fused-ring (bicyclic) bond motifs is 1. The fraction of sp³-hybridized carbons (Fsp3) is 0.261. The zero-order valence-corrected chi connectivity index (χ0v) is 15.5. The highest BCUT2D eigenvalue weighted by Gasteiger charge is 2.26. The zero-order chi connectivity index (χ0) is 18.6. The van der Waals surface area contributed by atoms with Crippen molar-refractivity contribution < 1.29 is 4.79 Å². The first-order valence-electron chi connectivity index (χ1n) is 9.58. The van der Waals surface area contributed by atoms with Crippen molar-refractivity contribution in [2.45, 2.75) is 38.5 Å². The summed E-state index contributed by atoms with van der Waals surface area (Å²) in [6.07, 6.45) is 4.08. The van der Waals surface area contributed by atoms with Gasteiger partial charge < -0.3 is 0 Å². The van der Waals surface area contributed by atoms with Crippen LogP contribution in [0.2, 0.25) is 0 Å². The Morgan fingerprint density at radius 3 is 2.59 bits per heavy atom. The van der Waals surface area contributed by atoms with Crippen LogP contribution in [0.25, 0.3) is 10.9 Å². The van der Waals surface area contributed by atoms with Gasteiger partial charge in [0.05, 0.1) is 16.8 Å². The van der Waals surface area contributed by atoms with Crippen LogP contribution < -0.4 is 5.43 Å². The van der Waals surface area contributed by atoms with E-state index in [1.54, 1.807) is 0 Å². The van der Waals surface area contributed by atoms with E-state index in [0.717, 1.165) is 53.6 Å². The minimum atomic E-state index is -0.181. The van der Waals surface area contributed by atoms with Crippen molar-refractivity contribution in [3.05, 3.63) is 77.5 Å². The molecule has 0 radical (unpaired) electrons. The lowest BCUT2D eigenvalue weighted by Gasteiger charge is -2.10. The van der Waals surface area contributed by atoms with Gasteiger partial charge in [0.1, 0.15) is 0 Å². The van der Waals surface area contributed by atoms with Crippen LogP contribution in [0.3, 0.4) is 0 Å². The highest BCUT2D eigenvalue weighted by molar-refractivity contribution is 6.07. The first-order valence-corrected chi connectivity index (χ1v) is 9.58. The number of hydrogen-bond acceptors (Lipinski definition) is 3. The van der Waals surface area contributed by atoms with Gasteiger partial charge in [0.15, 0.2) is 0 Å². The van der Waals surface area contributed by atoms with E-state index >= 15 is 0 Å². The first-order chi connectivity index (χ1) is 13.3. The predicted octanol–water partition coefficient (Wildman–Crippen LogP) is 5.05. The molecule has 2 aromatic carbocycles. The number of carbonyl (C=O) groups is 1. The first kappa shape index (κ1) is 17.4. The molecular weight excluding hydrogens is 334 g/mol. The summed E-state index contributed by atoms with van der Waals surface area (Å²) in [6.45, 7) is 2.11. The Labute approximate surface area is 159 Å². The molecule has 1 amide bonds. The van der Waals surface area contributed by atoms with Crippen molar-refractivity contribution in [3.63, 3.8) is 0 Å². The van der Waals surface area contributed by atoms with E-state index in [1.165, 1.54) is 0 Å². The van der Waals surface area contributed by atoms with Crippen LogP contribution in [0.5, 0.6) is 0 Å². The molecule has 1 aliphatic carbocycles. The zero-order valence-electron chi connectivity index (χ0n) is 15.5. The molecule has 1 heterocycles. The molecule has 4 heteroatoms. The van der Waals surface area contributed by atoms with Gasteiger partial charge in [-0.2, -0.15) is 5.10 Å². The second-order valence-corrected chi connectivity index (χ2v) is 7.00. The Kier molecular flexibility index (Phi) is 4.97. The molecule has 3 aromatic rings. The van der Waals surface area contributed by atoms with E-state index in [-0.39, 0.29) is 5.91 Å². The standard InChI is InChI=1S/C23H23N3O/c1-2-8-20(16-9-4-3-5-10-16)25-26-23(27)19-15-22(17-13-14-17)24-21-12-7-6-11-18(19)21/h3-7,9-12,15,17H,2,8,13-14H2,1H3,(H,26,27)/b25-20-. The van der Waals surface area contributed by atoms with Gasteiger partial charge in [0, 0.05) is 17.0 Å². The van der Waals surface area contributed by atoms with Crippen LogP contribution >= 0.6 is 0 Å². The van der Waals surface area contributed by atoms with Crippen molar-refractivity contribution in [3.8, 4) is 0 Å². The number of para-hydroxylation sites is 1. The molecule has 27 heavy (non-hydrogen) atoms. The smallest absolute Gasteiger partial charge is 0.267 e. The van der Waals surface area contributed by atoms with Crippen LogP contribution in [-0.2, 0) is 0 Å². The monoisotopic (exact) mass is 357 g/mol. The number of carbonyl (C=O) groups excluding carboxylic acids is 1. The summed E-state index contributed by atoms with van der Waals surface area (Å²) >= 11 is 0. The normalized spacial score (nSPS) is 14.3. The molecule has 1 N–H and O–H groups in total. The summed E-state index contributed by atoms with van der Waals surface area (Å²) < 4.78 is 0. The third kappa shape index (κ3) is 3.90. The predicted molar refractivity (Wildman–Crippen MR) is 109 cm³/mol. The molecule has 0 unspecified atom stereocenters. The molecule has 0 atom stereocenters. The van der Waals surface area contributed by atoms with E-state index in [1.807, 2.05) is 60.7 Å². The molecule has 0 spiro atoms. The van der Waals surface area contributed by atoms with Crippen molar-refractivity contribution in [2.75, 3.05) is 0 Å². The molecule has 1 aromatic heterocycles. The van der Waals surface area contributed by atoms with Crippen molar-refractivity contribution >= 4 is 22.5 Å². The largest absolute Gasteiger partial charge is 0.272 e. The maximum Gasteiger partial charge on any atom is 0.272 e. The molecule has 0 aliphatic heterocycles. The maximum atomic E-state index is 12.9. The Balaban J connectivity index is 1.66. The molecule has 136 valence electrons. The Hall–Kier alpha value is -3.01. The molecule has 1 fully saturated rings. The van der Waals surface area contributed by atoms with Gasteiger partial charge >= 0.3 is 0 Å². The van der Waals surface area contributed by atoms with Gasteiger partial charge in [-0.3, -0.25) is 9.78 Å². The number of pyridine rings is 1. The fourth-order valence-corrected chi connectivity index (χ4v) is 3.28. The van der Waals surface area contributed by atoms with E-state index in [0.29, 0.717) is 11.5 Å². The molecule has 1 saturated carbocycles. The van der Waals surface area contributed by atoms with Gasteiger partial charge in [-0.1, -0.05) is 61.9 Å². The summed E-state index contributed by atoms with van der Waals surface area (Å²) in [5, 5.41) is 5.32. The Bertz CT molecular complexity index is 991. The number of nitrogens with one attached hydrogen (secondary N) is 1. The SMILES string of the molecule is CCC/C(=N/NC(=O)c1cc(C2CC2)nc2ccccc12)c1ccccc1. The van der Waals surface area contributed by atoms with Crippen LogP contribution in [0.4, 0.5) is 0 Å². The van der Waals surface area contributed by atoms with Gasteiger partial charge in [0.2, 0.25) is 0 Å². The van der Waals surface area contributed by atoms with Gasteiger partial charge in [0.25, 0.3) is 5.91 Å². The molecule has 0 bridgehead atoms. The van der Waals surface area contributed by atoms with Crippen LogP contribution in [-0.4, -0.2) is 16.6 Å². The highest BCUT2D eigenvalue weighted by atomic mass is 16.2. The maximum absolute atomic E-state index is 12.9. The highest BCUT2D eigenvalue weighted by Crippen LogP contribution is 2.40. The minimum absolute atomic E-state index is 0.181. The van der Waals surface area contributed by atoms with E-state index in [2.05, 4.69) is 17.5 Å². The number of nitrogens with zero attached hydrogens (tertiary/aromatic N) is 2. The minimum Gasteiger partial charge on any atom is -0.267 e. The summed E-state index contributed by atoms with van der Waals surface area (Å²) in [4.78, 5) is 17.7. The van der Waals surface area contributed by atoms with Crippen molar-refractivity contribution in [1.29, 1.82) is 0 Å². The lowest BCUT2D eigenvalue weighted by molar-refractivity contribution is 0.0956. The summed E-state index contributed by atoms with van der Waals surface area (Å²) in [7, 11) is 0. The summed E-state index contributed by atoms with van der Waals surface area (Å²) in [5.74, 6) is 0.310. The summed E-state index contributed by atoms with van der Waals surface area (Å²) in [5.41, 5.74) is 7.25.